The van der Waals surface area contributed by atoms with Gasteiger partial charge in [-0.1, -0.05) is 24.3 Å². The van der Waals surface area contributed by atoms with Crippen molar-refractivity contribution in [2.24, 2.45) is 11.7 Å². The van der Waals surface area contributed by atoms with E-state index in [2.05, 4.69) is 10.3 Å². The van der Waals surface area contributed by atoms with Crippen LogP contribution in [0.5, 0.6) is 0 Å². The number of fused-ring (bicyclic) bond motifs is 1. The third-order valence-electron chi connectivity index (χ3n) is 4.92. The molecule has 1 heterocycles. The van der Waals surface area contributed by atoms with Gasteiger partial charge in [-0.3, -0.25) is 9.78 Å². The molecule has 0 bridgehead atoms. The van der Waals surface area contributed by atoms with E-state index in [1.54, 1.807) is 12.1 Å². The quantitative estimate of drug-likeness (QED) is 0.844. The molecule has 1 amide bonds. The number of allylic oxidation sites excluding steroid dienone is 2. The number of nitrogens with two attached hydrogens (primary N) is 1. The number of halogens is 3. The largest absolute Gasteiger partial charge is 0.392 e. The molecule has 3 N–H and O–H groups in total. The van der Waals surface area contributed by atoms with E-state index in [4.69, 9.17) is 5.73 Å². The second-order valence-electron chi connectivity index (χ2n) is 6.95. The molecule has 2 aromatic rings. The van der Waals surface area contributed by atoms with Crippen molar-refractivity contribution in [3.8, 4) is 0 Å². The van der Waals surface area contributed by atoms with Crippen LogP contribution in [0.15, 0.2) is 36.5 Å². The molecule has 4 nitrogen and oxygen atoms in total. The highest BCUT2D eigenvalue weighted by Crippen LogP contribution is 2.40. The first-order chi connectivity index (χ1) is 12.8. The predicted molar refractivity (Wildman–Crippen MR) is 99.1 cm³/mol. The van der Waals surface area contributed by atoms with Gasteiger partial charge < -0.3 is 11.1 Å². The number of aromatic nitrogens is 1. The van der Waals surface area contributed by atoms with E-state index in [0.717, 1.165) is 16.5 Å². The Morgan fingerprint density at radius 3 is 2.81 bits per heavy atom. The summed E-state index contributed by atoms with van der Waals surface area (Å²) < 4.78 is 38.6. The fourth-order valence-electron chi connectivity index (χ4n) is 3.29. The van der Waals surface area contributed by atoms with E-state index in [-0.39, 0.29) is 24.8 Å². The standard InChI is InChI=1S/C20H22F3N3O/c1-12(10-24)26-19(27)15-9-14-3-2-4-17(18(14)25-11-15)13-5-7-16(8-6-13)20(21,22)23/h2-5,9,11-12,16H,6-8,10,24H2,1H3,(H,26,27)/t12-,16-/m1/s1. The average Bonchev–Trinajstić information content (AvgIpc) is 2.66. The lowest BCUT2D eigenvalue weighted by molar-refractivity contribution is -0.175. The molecule has 0 aliphatic heterocycles. The number of hydrogen-bond acceptors (Lipinski definition) is 3. The Bertz CT molecular complexity index is 876. The Morgan fingerprint density at radius 1 is 1.41 bits per heavy atom. The second kappa shape index (κ2) is 7.68. The van der Waals surface area contributed by atoms with Gasteiger partial charge in [0.05, 0.1) is 17.0 Å². The summed E-state index contributed by atoms with van der Waals surface area (Å²) in [5.41, 5.74) is 8.35. The number of rotatable bonds is 4. The van der Waals surface area contributed by atoms with Gasteiger partial charge in [0.1, 0.15) is 0 Å². The number of alkyl halides is 3. The Balaban J connectivity index is 1.88. The zero-order valence-corrected chi connectivity index (χ0v) is 15.0. The molecular formula is C20H22F3N3O. The zero-order valence-electron chi connectivity index (χ0n) is 15.0. The van der Waals surface area contributed by atoms with E-state index in [0.29, 0.717) is 24.0 Å². The first-order valence-corrected chi connectivity index (χ1v) is 8.95. The lowest BCUT2D eigenvalue weighted by Gasteiger charge is -2.24. The summed E-state index contributed by atoms with van der Waals surface area (Å²) in [6, 6.07) is 7.14. The number of para-hydroxylation sites is 1. The lowest BCUT2D eigenvalue weighted by Crippen LogP contribution is -2.37. The summed E-state index contributed by atoms with van der Waals surface area (Å²) in [6.45, 7) is 2.15. The van der Waals surface area contributed by atoms with Gasteiger partial charge in [-0.25, -0.2) is 0 Å². The van der Waals surface area contributed by atoms with Crippen LogP contribution in [0.3, 0.4) is 0 Å². The molecule has 0 radical (unpaired) electrons. The first kappa shape index (κ1) is 19.4. The maximum absolute atomic E-state index is 12.9. The van der Waals surface area contributed by atoms with Crippen LogP contribution in [0.4, 0.5) is 13.2 Å². The van der Waals surface area contributed by atoms with Gasteiger partial charge in [-0.2, -0.15) is 13.2 Å². The van der Waals surface area contributed by atoms with Gasteiger partial charge >= 0.3 is 6.18 Å². The number of benzene rings is 1. The van der Waals surface area contributed by atoms with Crippen molar-refractivity contribution in [3.05, 3.63) is 47.7 Å². The third-order valence-corrected chi connectivity index (χ3v) is 4.92. The monoisotopic (exact) mass is 377 g/mol. The highest BCUT2D eigenvalue weighted by atomic mass is 19.4. The maximum atomic E-state index is 12.9. The number of pyridine rings is 1. The summed E-state index contributed by atoms with van der Waals surface area (Å²) in [5.74, 6) is -1.53. The molecule has 0 unspecified atom stereocenters. The molecule has 1 aromatic carbocycles. The number of carbonyl (C=O) groups excluding carboxylic acids is 1. The number of hydrogen-bond donors (Lipinski definition) is 2. The molecule has 0 saturated heterocycles. The number of amides is 1. The maximum Gasteiger partial charge on any atom is 0.392 e. The minimum absolute atomic E-state index is 0.00725. The normalized spacial score (nSPS) is 18.9. The Hall–Kier alpha value is -2.41. The van der Waals surface area contributed by atoms with Crippen LogP contribution < -0.4 is 11.1 Å². The minimum atomic E-state index is -4.15. The van der Waals surface area contributed by atoms with Crippen molar-refractivity contribution in [3.63, 3.8) is 0 Å². The van der Waals surface area contributed by atoms with Crippen molar-refractivity contribution in [1.29, 1.82) is 0 Å². The van der Waals surface area contributed by atoms with E-state index in [1.165, 1.54) is 6.20 Å². The molecule has 1 aliphatic rings. The van der Waals surface area contributed by atoms with Gasteiger partial charge in [-0.05, 0) is 37.8 Å². The zero-order chi connectivity index (χ0) is 19.6. The van der Waals surface area contributed by atoms with Crippen LogP contribution in [-0.2, 0) is 0 Å². The van der Waals surface area contributed by atoms with Crippen LogP contribution >= 0.6 is 0 Å². The van der Waals surface area contributed by atoms with Crippen molar-refractivity contribution in [1.82, 2.24) is 10.3 Å². The van der Waals surface area contributed by atoms with Gasteiger partial charge in [-0.15, -0.1) is 0 Å². The summed E-state index contributed by atoms with van der Waals surface area (Å²) in [7, 11) is 0. The minimum Gasteiger partial charge on any atom is -0.348 e. The van der Waals surface area contributed by atoms with Crippen LogP contribution in [0.1, 0.15) is 42.1 Å². The molecule has 2 atom stereocenters. The molecule has 0 fully saturated rings. The molecule has 1 aromatic heterocycles. The average molecular weight is 377 g/mol. The highest BCUT2D eigenvalue weighted by Gasteiger charge is 2.39. The van der Waals surface area contributed by atoms with Gasteiger partial charge in [0, 0.05) is 29.7 Å². The molecule has 27 heavy (non-hydrogen) atoms. The van der Waals surface area contributed by atoms with Gasteiger partial charge in [0.2, 0.25) is 0 Å². The lowest BCUT2D eigenvalue weighted by atomic mass is 9.85. The van der Waals surface area contributed by atoms with Crippen LogP contribution in [-0.4, -0.2) is 29.7 Å². The molecule has 0 spiro atoms. The number of nitrogens with one attached hydrogen (secondary N) is 1. The second-order valence-corrected chi connectivity index (χ2v) is 6.95. The van der Waals surface area contributed by atoms with E-state index in [9.17, 15) is 18.0 Å². The summed E-state index contributed by atoms with van der Waals surface area (Å²) in [6.07, 6.45) is -0.549. The third kappa shape index (κ3) is 4.30. The Morgan fingerprint density at radius 2 is 2.19 bits per heavy atom. The topological polar surface area (TPSA) is 68.0 Å². The summed E-state index contributed by atoms with van der Waals surface area (Å²) in [4.78, 5) is 16.7. The fraction of sp³-hybridized carbons (Fsp3) is 0.400. The molecule has 144 valence electrons. The molecule has 3 rings (SSSR count). The predicted octanol–water partition coefficient (Wildman–Crippen LogP) is 4.06. The van der Waals surface area contributed by atoms with Crippen molar-refractivity contribution in [2.75, 3.05) is 6.54 Å². The van der Waals surface area contributed by atoms with E-state index in [1.807, 2.05) is 25.1 Å². The summed E-state index contributed by atoms with van der Waals surface area (Å²) >= 11 is 0. The number of carbonyl (C=O) groups is 1. The smallest absolute Gasteiger partial charge is 0.348 e. The molecule has 1 aliphatic carbocycles. The highest BCUT2D eigenvalue weighted by molar-refractivity contribution is 5.99. The Labute approximate surface area is 155 Å². The molecule has 7 heteroatoms. The van der Waals surface area contributed by atoms with Crippen LogP contribution in [0.25, 0.3) is 16.5 Å². The van der Waals surface area contributed by atoms with Gasteiger partial charge in [0.25, 0.3) is 5.91 Å². The van der Waals surface area contributed by atoms with Crippen molar-refractivity contribution >= 4 is 22.4 Å². The van der Waals surface area contributed by atoms with Crippen molar-refractivity contribution < 1.29 is 18.0 Å². The number of nitrogens with zero attached hydrogens (tertiary/aromatic N) is 1. The fourth-order valence-corrected chi connectivity index (χ4v) is 3.29. The first-order valence-electron chi connectivity index (χ1n) is 8.95. The van der Waals surface area contributed by atoms with Crippen molar-refractivity contribution in [2.45, 2.75) is 38.4 Å². The summed E-state index contributed by atoms with van der Waals surface area (Å²) in [5, 5.41) is 3.56. The van der Waals surface area contributed by atoms with E-state index >= 15 is 0 Å². The van der Waals surface area contributed by atoms with Crippen LogP contribution in [0, 0.1) is 5.92 Å². The van der Waals surface area contributed by atoms with E-state index < -0.39 is 12.1 Å². The van der Waals surface area contributed by atoms with Crippen LogP contribution in [0.2, 0.25) is 0 Å². The SMILES string of the molecule is C[C@H](CN)NC(=O)c1cnc2c(C3=CC[C@@H](C(F)(F)F)CC3)cccc2c1. The van der Waals surface area contributed by atoms with Gasteiger partial charge in [0.15, 0.2) is 0 Å². The molecule has 0 saturated carbocycles. The Kier molecular flexibility index (Phi) is 5.51. The molecular weight excluding hydrogens is 355 g/mol.